The van der Waals surface area contributed by atoms with E-state index in [0.29, 0.717) is 0 Å². The molecule has 0 bridgehead atoms. The molecule has 8 heteroatoms. The van der Waals surface area contributed by atoms with Crippen molar-refractivity contribution in [2.45, 2.75) is 13.0 Å². The van der Waals surface area contributed by atoms with Crippen molar-refractivity contribution in [2.24, 2.45) is 5.73 Å². The zero-order valence-corrected chi connectivity index (χ0v) is 8.31. The smallest absolute Gasteiger partial charge is 0.295 e. The minimum atomic E-state index is -2.87. The largest absolute Gasteiger partial charge is 0.494 e. The summed E-state index contributed by atoms with van der Waals surface area (Å²) in [7, 11) is 1.13. The number of rotatable bonds is 4. The van der Waals surface area contributed by atoms with Crippen LogP contribution in [0.2, 0.25) is 0 Å². The Morgan fingerprint density at radius 2 is 2.31 bits per heavy atom. The molecule has 2 N–H and O–H groups in total. The minimum Gasteiger partial charge on any atom is -0.494 e. The van der Waals surface area contributed by atoms with Crippen molar-refractivity contribution in [1.82, 2.24) is 4.98 Å². The van der Waals surface area contributed by atoms with Gasteiger partial charge in [-0.25, -0.2) is 13.8 Å². The predicted molar refractivity (Wildman–Crippen MR) is 50.3 cm³/mol. The summed E-state index contributed by atoms with van der Waals surface area (Å²) in [5.74, 6) is -0.327. The monoisotopic (exact) mass is 233 g/mol. The van der Waals surface area contributed by atoms with Crippen molar-refractivity contribution in [3.05, 3.63) is 27.6 Å². The Bertz CT molecular complexity index is 412. The summed E-state index contributed by atoms with van der Waals surface area (Å²) in [6.07, 6.45) is -2.12. The lowest BCUT2D eigenvalue weighted by Gasteiger charge is -2.10. The van der Waals surface area contributed by atoms with E-state index in [-0.39, 0.29) is 17.9 Å². The number of pyridine rings is 1. The molecule has 0 saturated carbocycles. The number of ether oxygens (including phenoxy) is 1. The standard InChI is InChI=1S/C8H9F2N3O3/c1-16-7-4(2-11)5(13(14)15)3-12-6(7)8(9)10/h3,8H,2,11H2,1H3. The van der Waals surface area contributed by atoms with Crippen LogP contribution in [0.4, 0.5) is 14.5 Å². The zero-order chi connectivity index (χ0) is 12.3. The molecule has 0 atom stereocenters. The number of hydrogen-bond donors (Lipinski definition) is 1. The maximum atomic E-state index is 12.5. The van der Waals surface area contributed by atoms with Crippen molar-refractivity contribution < 1.29 is 18.4 Å². The van der Waals surface area contributed by atoms with Gasteiger partial charge in [0.15, 0.2) is 5.75 Å². The fraction of sp³-hybridized carbons (Fsp3) is 0.375. The third-order valence-corrected chi connectivity index (χ3v) is 1.95. The van der Waals surface area contributed by atoms with Crippen LogP contribution in [-0.2, 0) is 6.54 Å². The van der Waals surface area contributed by atoms with E-state index in [1.165, 1.54) is 0 Å². The van der Waals surface area contributed by atoms with Crippen LogP contribution in [0.3, 0.4) is 0 Å². The molecule has 1 aromatic rings. The van der Waals surface area contributed by atoms with Gasteiger partial charge in [-0.1, -0.05) is 0 Å². The Hall–Kier alpha value is -1.83. The summed E-state index contributed by atoms with van der Waals surface area (Å²) in [6.45, 7) is -0.276. The Morgan fingerprint density at radius 3 is 2.69 bits per heavy atom. The molecule has 0 spiro atoms. The maximum absolute atomic E-state index is 12.5. The van der Waals surface area contributed by atoms with Crippen LogP contribution in [0.5, 0.6) is 5.75 Å². The third-order valence-electron chi connectivity index (χ3n) is 1.95. The molecule has 0 unspecified atom stereocenters. The SMILES string of the molecule is COc1c(C(F)F)ncc([N+](=O)[O-])c1CN. The van der Waals surface area contributed by atoms with E-state index < -0.39 is 22.7 Å². The average molecular weight is 233 g/mol. The molecule has 16 heavy (non-hydrogen) atoms. The van der Waals surface area contributed by atoms with Crippen molar-refractivity contribution in [3.63, 3.8) is 0 Å². The highest BCUT2D eigenvalue weighted by Crippen LogP contribution is 2.34. The Balaban J connectivity index is 3.46. The first kappa shape index (κ1) is 12.2. The fourth-order valence-corrected chi connectivity index (χ4v) is 1.28. The average Bonchev–Trinajstić information content (AvgIpc) is 2.26. The molecule has 1 heterocycles. The van der Waals surface area contributed by atoms with Gasteiger partial charge in [-0.2, -0.15) is 0 Å². The van der Waals surface area contributed by atoms with Crippen LogP contribution in [0.15, 0.2) is 6.20 Å². The third kappa shape index (κ3) is 2.06. The van der Waals surface area contributed by atoms with E-state index in [1.807, 2.05) is 0 Å². The topological polar surface area (TPSA) is 91.3 Å². The van der Waals surface area contributed by atoms with Crippen molar-refractivity contribution in [1.29, 1.82) is 0 Å². The van der Waals surface area contributed by atoms with Gasteiger partial charge in [0.25, 0.3) is 12.1 Å². The van der Waals surface area contributed by atoms with E-state index in [4.69, 9.17) is 10.5 Å². The van der Waals surface area contributed by atoms with Crippen LogP contribution in [0.25, 0.3) is 0 Å². The highest BCUT2D eigenvalue weighted by Gasteiger charge is 2.25. The van der Waals surface area contributed by atoms with Gasteiger partial charge in [0.05, 0.1) is 17.6 Å². The molecular weight excluding hydrogens is 224 g/mol. The van der Waals surface area contributed by atoms with Crippen LogP contribution in [-0.4, -0.2) is 17.0 Å². The second-order valence-electron chi connectivity index (χ2n) is 2.80. The molecule has 0 aliphatic heterocycles. The van der Waals surface area contributed by atoms with Gasteiger partial charge in [0, 0.05) is 6.54 Å². The quantitative estimate of drug-likeness (QED) is 0.626. The highest BCUT2D eigenvalue weighted by atomic mass is 19.3. The number of nitrogens with two attached hydrogens (primary N) is 1. The Morgan fingerprint density at radius 1 is 1.69 bits per heavy atom. The lowest BCUT2D eigenvalue weighted by molar-refractivity contribution is -0.386. The molecule has 1 aromatic heterocycles. The van der Waals surface area contributed by atoms with Gasteiger partial charge >= 0.3 is 0 Å². The van der Waals surface area contributed by atoms with Gasteiger partial charge in [-0.15, -0.1) is 0 Å². The molecule has 0 aliphatic rings. The zero-order valence-electron chi connectivity index (χ0n) is 8.31. The first-order chi connectivity index (χ1) is 7.52. The van der Waals surface area contributed by atoms with E-state index in [0.717, 1.165) is 13.3 Å². The predicted octanol–water partition coefficient (Wildman–Crippen LogP) is 1.39. The van der Waals surface area contributed by atoms with Crippen LogP contribution < -0.4 is 10.5 Å². The summed E-state index contributed by atoms with van der Waals surface area (Å²) in [5.41, 5.74) is 4.12. The summed E-state index contributed by atoms with van der Waals surface area (Å²) in [6, 6.07) is 0. The highest BCUT2D eigenvalue weighted by molar-refractivity contribution is 5.50. The van der Waals surface area contributed by atoms with Gasteiger partial charge in [0.2, 0.25) is 0 Å². The number of halogens is 2. The molecule has 88 valence electrons. The molecular formula is C8H9F2N3O3. The number of alkyl halides is 2. The Labute approximate surface area is 89.2 Å². The summed E-state index contributed by atoms with van der Waals surface area (Å²) in [4.78, 5) is 13.2. The summed E-state index contributed by atoms with van der Waals surface area (Å²) >= 11 is 0. The van der Waals surface area contributed by atoms with E-state index in [9.17, 15) is 18.9 Å². The summed E-state index contributed by atoms with van der Waals surface area (Å²) in [5, 5.41) is 10.6. The Kier molecular flexibility index (Phi) is 3.67. The molecule has 0 aliphatic carbocycles. The number of nitro groups is 1. The number of aromatic nitrogens is 1. The van der Waals surface area contributed by atoms with Crippen molar-refractivity contribution >= 4 is 5.69 Å². The fourth-order valence-electron chi connectivity index (χ4n) is 1.28. The maximum Gasteiger partial charge on any atom is 0.295 e. The van der Waals surface area contributed by atoms with Crippen LogP contribution in [0, 0.1) is 10.1 Å². The van der Waals surface area contributed by atoms with Crippen molar-refractivity contribution in [3.8, 4) is 5.75 Å². The van der Waals surface area contributed by atoms with Gasteiger partial charge in [0.1, 0.15) is 11.9 Å². The second-order valence-corrected chi connectivity index (χ2v) is 2.80. The molecule has 0 amide bonds. The summed E-state index contributed by atoms with van der Waals surface area (Å²) < 4.78 is 29.7. The molecule has 6 nitrogen and oxygen atoms in total. The lowest BCUT2D eigenvalue weighted by Crippen LogP contribution is -2.08. The number of methoxy groups -OCH3 is 1. The molecule has 0 saturated heterocycles. The van der Waals surface area contributed by atoms with Crippen LogP contribution in [0.1, 0.15) is 17.7 Å². The molecule has 0 aromatic carbocycles. The lowest BCUT2D eigenvalue weighted by atomic mass is 10.1. The normalized spacial score (nSPS) is 10.6. The first-order valence-electron chi connectivity index (χ1n) is 4.21. The van der Waals surface area contributed by atoms with E-state index in [2.05, 4.69) is 4.98 Å². The molecule has 1 rings (SSSR count). The van der Waals surface area contributed by atoms with E-state index >= 15 is 0 Å². The second kappa shape index (κ2) is 4.79. The number of hydrogen-bond acceptors (Lipinski definition) is 5. The molecule has 0 fully saturated rings. The van der Waals surface area contributed by atoms with Gasteiger partial charge in [-0.05, 0) is 0 Å². The van der Waals surface area contributed by atoms with Gasteiger partial charge < -0.3 is 10.5 Å². The molecule has 0 radical (unpaired) electrons. The van der Waals surface area contributed by atoms with Crippen molar-refractivity contribution in [2.75, 3.05) is 7.11 Å². The van der Waals surface area contributed by atoms with Gasteiger partial charge in [-0.3, -0.25) is 10.1 Å². The van der Waals surface area contributed by atoms with Crippen LogP contribution >= 0.6 is 0 Å². The minimum absolute atomic E-state index is 0.0854. The first-order valence-corrected chi connectivity index (χ1v) is 4.21. The van der Waals surface area contributed by atoms with E-state index in [1.54, 1.807) is 0 Å². The number of nitrogens with zero attached hydrogens (tertiary/aromatic N) is 2.